The number of hydrogen-bond acceptors (Lipinski definition) is 5. The van der Waals surface area contributed by atoms with Gasteiger partial charge in [-0.15, -0.1) is 5.10 Å². The van der Waals surface area contributed by atoms with E-state index >= 15 is 0 Å². The molecule has 0 radical (unpaired) electrons. The molecule has 0 unspecified atom stereocenters. The van der Waals surface area contributed by atoms with E-state index in [1.54, 1.807) is 6.07 Å². The number of hydrogen-bond donors (Lipinski definition) is 2. The summed E-state index contributed by atoms with van der Waals surface area (Å²) in [6, 6.07) is 5.79. The van der Waals surface area contributed by atoms with Gasteiger partial charge in [-0.1, -0.05) is 16.7 Å². The monoisotopic (exact) mass is 350 g/mol. The van der Waals surface area contributed by atoms with Crippen LogP contribution in [0.1, 0.15) is 5.89 Å². The zero-order valence-corrected chi connectivity index (χ0v) is 11.0. The first kappa shape index (κ1) is 11.6. The van der Waals surface area contributed by atoms with Gasteiger partial charge < -0.3 is 15.5 Å². The third-order valence-corrected chi connectivity index (χ3v) is 2.94. The van der Waals surface area contributed by atoms with E-state index in [4.69, 9.17) is 21.8 Å². The summed E-state index contributed by atoms with van der Waals surface area (Å²) in [5, 5.41) is 11.2. The molecule has 3 N–H and O–H groups in total. The van der Waals surface area contributed by atoms with E-state index in [-0.39, 0.29) is 6.54 Å². The summed E-state index contributed by atoms with van der Waals surface area (Å²) in [5.74, 6) is 0.395. The Morgan fingerprint density at radius 3 is 2.88 bits per heavy atom. The average molecular weight is 351 g/mol. The minimum Gasteiger partial charge on any atom is -0.406 e. The molecule has 7 heteroatoms. The van der Waals surface area contributed by atoms with Crippen molar-refractivity contribution >= 4 is 45.9 Å². The van der Waals surface area contributed by atoms with Gasteiger partial charge in [0.15, 0.2) is 0 Å². The topological polar surface area (TPSA) is 77.0 Å². The van der Waals surface area contributed by atoms with Crippen molar-refractivity contribution in [3.05, 3.63) is 32.7 Å². The molecule has 2 aromatic rings. The highest BCUT2D eigenvalue weighted by molar-refractivity contribution is 14.1. The van der Waals surface area contributed by atoms with Crippen molar-refractivity contribution in [3.63, 3.8) is 0 Å². The van der Waals surface area contributed by atoms with E-state index in [9.17, 15) is 0 Å². The lowest BCUT2D eigenvalue weighted by Gasteiger charge is -2.03. The molecule has 0 bridgehead atoms. The first-order chi connectivity index (χ1) is 7.69. The zero-order chi connectivity index (χ0) is 11.5. The molecule has 0 saturated carbocycles. The fourth-order valence-electron chi connectivity index (χ4n) is 1.09. The van der Waals surface area contributed by atoms with Crippen molar-refractivity contribution in [2.24, 2.45) is 5.73 Å². The van der Waals surface area contributed by atoms with E-state index in [1.807, 2.05) is 12.1 Å². The van der Waals surface area contributed by atoms with Crippen LogP contribution in [0.5, 0.6) is 0 Å². The lowest BCUT2D eigenvalue weighted by atomic mass is 10.3. The second kappa shape index (κ2) is 4.98. The highest BCUT2D eigenvalue weighted by Crippen LogP contribution is 2.24. The molecule has 1 heterocycles. The molecule has 0 atom stereocenters. The fraction of sp³-hybridized carbons (Fsp3) is 0.111. The lowest BCUT2D eigenvalue weighted by molar-refractivity contribution is 0.511. The van der Waals surface area contributed by atoms with Crippen LogP contribution < -0.4 is 11.1 Å². The van der Waals surface area contributed by atoms with Gasteiger partial charge in [0.25, 0.3) is 0 Å². The third kappa shape index (κ3) is 2.63. The highest BCUT2D eigenvalue weighted by atomic mass is 127. The second-order valence-corrected chi connectivity index (χ2v) is 4.55. The molecular weight excluding hydrogens is 342 g/mol. The molecule has 0 aliphatic heterocycles. The Morgan fingerprint density at radius 1 is 1.44 bits per heavy atom. The lowest BCUT2D eigenvalue weighted by Crippen LogP contribution is -1.95. The van der Waals surface area contributed by atoms with E-state index in [0.717, 1.165) is 9.26 Å². The molecule has 0 saturated heterocycles. The van der Waals surface area contributed by atoms with Crippen LogP contribution in [0.4, 0.5) is 11.7 Å². The van der Waals surface area contributed by atoms with Crippen molar-refractivity contribution < 1.29 is 4.42 Å². The summed E-state index contributed by atoms with van der Waals surface area (Å²) >= 11 is 8.01. The van der Waals surface area contributed by atoms with Crippen LogP contribution in [-0.2, 0) is 6.54 Å². The maximum atomic E-state index is 5.85. The standard InChI is InChI=1S/C9H8ClIN4O/c10-5-1-2-7(6(11)3-5)13-9-15-14-8(4-12)16-9/h1-3H,4,12H2,(H,13,15). The quantitative estimate of drug-likeness (QED) is 0.832. The smallest absolute Gasteiger partial charge is 0.320 e. The molecule has 16 heavy (non-hydrogen) atoms. The summed E-state index contributed by atoms with van der Waals surface area (Å²) < 4.78 is 6.20. The summed E-state index contributed by atoms with van der Waals surface area (Å²) in [6.07, 6.45) is 0. The Kier molecular flexibility index (Phi) is 3.62. The van der Waals surface area contributed by atoms with Crippen molar-refractivity contribution in [2.45, 2.75) is 6.54 Å². The Labute approximate surface area is 111 Å². The van der Waals surface area contributed by atoms with E-state index in [2.05, 4.69) is 38.1 Å². The fourth-order valence-corrected chi connectivity index (χ4v) is 2.10. The number of halogens is 2. The summed E-state index contributed by atoms with van der Waals surface area (Å²) in [5.41, 5.74) is 6.22. The van der Waals surface area contributed by atoms with Gasteiger partial charge >= 0.3 is 6.01 Å². The zero-order valence-electron chi connectivity index (χ0n) is 8.08. The van der Waals surface area contributed by atoms with Gasteiger partial charge in [0.05, 0.1) is 12.2 Å². The van der Waals surface area contributed by atoms with Crippen molar-refractivity contribution in [2.75, 3.05) is 5.32 Å². The molecule has 84 valence electrons. The minimum absolute atomic E-state index is 0.229. The summed E-state index contributed by atoms with van der Waals surface area (Å²) in [7, 11) is 0. The number of nitrogens with two attached hydrogens (primary N) is 1. The Balaban J connectivity index is 2.20. The van der Waals surface area contributed by atoms with Crippen molar-refractivity contribution in [3.8, 4) is 0 Å². The molecular formula is C9H8ClIN4O. The van der Waals surface area contributed by atoms with Gasteiger partial charge in [-0.25, -0.2) is 0 Å². The first-order valence-corrected chi connectivity index (χ1v) is 5.89. The Hall–Kier alpha value is -0.860. The number of nitrogens with zero attached hydrogens (tertiary/aromatic N) is 2. The number of rotatable bonds is 3. The molecule has 0 aliphatic rings. The third-order valence-electron chi connectivity index (χ3n) is 1.81. The van der Waals surface area contributed by atoms with Gasteiger partial charge in [-0.05, 0) is 40.8 Å². The van der Waals surface area contributed by atoms with E-state index in [0.29, 0.717) is 16.9 Å². The highest BCUT2D eigenvalue weighted by Gasteiger charge is 2.06. The van der Waals surface area contributed by atoms with Crippen molar-refractivity contribution in [1.82, 2.24) is 10.2 Å². The first-order valence-electron chi connectivity index (χ1n) is 4.43. The van der Waals surface area contributed by atoms with Crippen molar-refractivity contribution in [1.29, 1.82) is 0 Å². The van der Waals surface area contributed by atoms with Gasteiger partial charge in [-0.2, -0.15) is 0 Å². The molecule has 0 fully saturated rings. The minimum atomic E-state index is 0.229. The maximum absolute atomic E-state index is 5.85. The predicted molar refractivity (Wildman–Crippen MR) is 69.6 cm³/mol. The summed E-state index contributed by atoms with van der Waals surface area (Å²) in [4.78, 5) is 0. The molecule has 0 aliphatic carbocycles. The second-order valence-electron chi connectivity index (χ2n) is 2.95. The summed E-state index contributed by atoms with van der Waals surface area (Å²) in [6.45, 7) is 0.229. The molecule has 2 rings (SSSR count). The number of anilines is 2. The van der Waals surface area contributed by atoms with E-state index < -0.39 is 0 Å². The van der Waals surface area contributed by atoms with Crippen LogP contribution in [0.15, 0.2) is 22.6 Å². The van der Waals surface area contributed by atoms with Crippen LogP contribution in [0.25, 0.3) is 0 Å². The van der Waals surface area contributed by atoms with Gasteiger partial charge in [-0.3, -0.25) is 0 Å². The van der Waals surface area contributed by atoms with Crippen LogP contribution in [0, 0.1) is 3.57 Å². The maximum Gasteiger partial charge on any atom is 0.320 e. The molecule has 0 amide bonds. The average Bonchev–Trinajstić information content (AvgIpc) is 2.70. The van der Waals surface area contributed by atoms with Gasteiger partial charge in [0, 0.05) is 8.59 Å². The number of benzene rings is 1. The Morgan fingerprint density at radius 2 is 2.25 bits per heavy atom. The van der Waals surface area contributed by atoms with E-state index in [1.165, 1.54) is 0 Å². The van der Waals surface area contributed by atoms with Crippen LogP contribution >= 0.6 is 34.2 Å². The van der Waals surface area contributed by atoms with Crippen LogP contribution in [0.2, 0.25) is 5.02 Å². The molecule has 5 nitrogen and oxygen atoms in total. The number of nitrogens with one attached hydrogen (secondary N) is 1. The Bertz CT molecular complexity index is 502. The molecule has 0 spiro atoms. The largest absolute Gasteiger partial charge is 0.406 e. The molecule has 1 aromatic heterocycles. The predicted octanol–water partition coefficient (Wildman–Crippen LogP) is 2.53. The van der Waals surface area contributed by atoms with Gasteiger partial charge in [0.1, 0.15) is 0 Å². The normalized spacial score (nSPS) is 10.4. The van der Waals surface area contributed by atoms with Gasteiger partial charge in [0.2, 0.25) is 5.89 Å². The van der Waals surface area contributed by atoms with Crippen LogP contribution in [-0.4, -0.2) is 10.2 Å². The SMILES string of the molecule is NCc1nnc(Nc2ccc(Cl)cc2I)o1. The molecule has 1 aromatic carbocycles. The van der Waals surface area contributed by atoms with Crippen LogP contribution in [0.3, 0.4) is 0 Å². The number of aromatic nitrogens is 2.